The molecule has 66 valence electrons. The van der Waals surface area contributed by atoms with Gasteiger partial charge in [0.2, 0.25) is 10.7 Å². The van der Waals surface area contributed by atoms with E-state index in [2.05, 4.69) is 5.10 Å². The predicted octanol–water partition coefficient (Wildman–Crippen LogP) is -0.528. The summed E-state index contributed by atoms with van der Waals surface area (Å²) in [5.74, 6) is -0.471. The molecule has 0 unspecified atom stereocenters. The zero-order valence-corrected chi connectivity index (χ0v) is 7.52. The molecule has 1 heterocycles. The summed E-state index contributed by atoms with van der Waals surface area (Å²) in [6.45, 7) is 1.95. The molecule has 12 heavy (non-hydrogen) atoms. The van der Waals surface area contributed by atoms with Gasteiger partial charge in [-0.3, -0.25) is 10.2 Å². The Labute approximate surface area is 73.3 Å². The third-order valence-electron chi connectivity index (χ3n) is 1.29. The van der Waals surface area contributed by atoms with Crippen LogP contribution < -0.4 is 10.5 Å². The lowest BCUT2D eigenvalue weighted by Crippen LogP contribution is -2.25. The minimum absolute atomic E-state index is 0.00463. The van der Waals surface area contributed by atoms with Gasteiger partial charge >= 0.3 is 0 Å². The van der Waals surface area contributed by atoms with E-state index in [1.54, 1.807) is 0 Å². The summed E-state index contributed by atoms with van der Waals surface area (Å²) in [6.07, 6.45) is 0.780. The molecule has 6 heteroatoms. The molecule has 5 nitrogen and oxygen atoms in total. The van der Waals surface area contributed by atoms with Crippen LogP contribution >= 0.6 is 11.3 Å². The molecule has 1 aromatic heterocycles. The third kappa shape index (κ3) is 1.91. The second-order valence-electron chi connectivity index (χ2n) is 2.28. The number of nitrogens with zero attached hydrogens (tertiary/aromatic N) is 2. The Morgan fingerprint density at radius 3 is 2.92 bits per heavy atom. The van der Waals surface area contributed by atoms with Gasteiger partial charge in [0.05, 0.1) is 0 Å². The molecule has 3 N–H and O–H groups in total. The summed E-state index contributed by atoms with van der Waals surface area (Å²) in [5.41, 5.74) is 4.97. The highest BCUT2D eigenvalue weighted by Crippen LogP contribution is 1.97. The fourth-order valence-electron chi connectivity index (χ4n) is 0.762. The van der Waals surface area contributed by atoms with Gasteiger partial charge in [0, 0.05) is 0 Å². The van der Waals surface area contributed by atoms with E-state index in [4.69, 9.17) is 11.1 Å². The van der Waals surface area contributed by atoms with Crippen LogP contribution in [0.5, 0.6) is 0 Å². The largest absolute Gasteiger partial charge is 0.368 e. The van der Waals surface area contributed by atoms with Gasteiger partial charge in [-0.1, -0.05) is 18.3 Å². The number of rotatable bonds is 3. The zero-order valence-electron chi connectivity index (χ0n) is 6.70. The topological polar surface area (TPSA) is 84.8 Å². The SMILES string of the molecule is CCc1nn(CC(N)=O)c(=N)s1. The first-order valence-electron chi connectivity index (χ1n) is 3.53. The van der Waals surface area contributed by atoms with Crippen molar-refractivity contribution in [2.45, 2.75) is 19.9 Å². The molecule has 0 bridgehead atoms. The van der Waals surface area contributed by atoms with E-state index in [1.165, 1.54) is 16.0 Å². The maximum atomic E-state index is 10.5. The summed E-state index contributed by atoms with van der Waals surface area (Å²) >= 11 is 1.27. The molecule has 0 aromatic carbocycles. The molecule has 0 aliphatic rings. The van der Waals surface area contributed by atoms with Crippen LogP contribution in [0.2, 0.25) is 0 Å². The van der Waals surface area contributed by atoms with E-state index in [0.717, 1.165) is 11.4 Å². The number of amides is 1. The first kappa shape index (κ1) is 8.92. The van der Waals surface area contributed by atoms with Crippen LogP contribution in [-0.4, -0.2) is 15.7 Å². The molecule has 0 saturated carbocycles. The molecule has 0 saturated heterocycles. The van der Waals surface area contributed by atoms with Crippen molar-refractivity contribution in [3.8, 4) is 0 Å². The monoisotopic (exact) mass is 186 g/mol. The molecule has 1 rings (SSSR count). The average molecular weight is 186 g/mol. The molecule has 0 atom stereocenters. The summed E-state index contributed by atoms with van der Waals surface area (Å²) in [5, 5.41) is 12.3. The van der Waals surface area contributed by atoms with Crippen LogP contribution in [0.4, 0.5) is 0 Å². The number of aryl methyl sites for hydroxylation is 1. The van der Waals surface area contributed by atoms with E-state index in [1.807, 2.05) is 6.92 Å². The van der Waals surface area contributed by atoms with E-state index in [-0.39, 0.29) is 11.3 Å². The molecular formula is C6H10N4OS. The van der Waals surface area contributed by atoms with Gasteiger partial charge in [-0.25, -0.2) is 4.68 Å². The average Bonchev–Trinajstić information content (AvgIpc) is 2.31. The van der Waals surface area contributed by atoms with Gasteiger partial charge in [-0.2, -0.15) is 5.10 Å². The normalized spacial score (nSPS) is 10.1. The summed E-state index contributed by atoms with van der Waals surface area (Å²) in [4.78, 5) is 10.8. The van der Waals surface area contributed by atoms with Crippen molar-refractivity contribution < 1.29 is 4.79 Å². The number of carbonyl (C=O) groups is 1. The second-order valence-corrected chi connectivity index (χ2v) is 3.34. The quantitative estimate of drug-likeness (QED) is 0.665. The fraction of sp³-hybridized carbons (Fsp3) is 0.500. The minimum atomic E-state index is -0.471. The van der Waals surface area contributed by atoms with Crippen LogP contribution in [0.1, 0.15) is 11.9 Å². The van der Waals surface area contributed by atoms with Crippen LogP contribution in [0.25, 0.3) is 0 Å². The zero-order chi connectivity index (χ0) is 9.14. The smallest absolute Gasteiger partial charge is 0.239 e. The maximum Gasteiger partial charge on any atom is 0.239 e. The number of aromatic nitrogens is 2. The van der Waals surface area contributed by atoms with E-state index in [9.17, 15) is 4.79 Å². The Morgan fingerprint density at radius 2 is 2.50 bits per heavy atom. The number of nitrogens with two attached hydrogens (primary N) is 1. The molecular weight excluding hydrogens is 176 g/mol. The van der Waals surface area contributed by atoms with Gasteiger partial charge in [0.1, 0.15) is 11.6 Å². The molecule has 0 fully saturated rings. The van der Waals surface area contributed by atoms with Gasteiger partial charge in [0.25, 0.3) is 0 Å². The first-order chi connectivity index (χ1) is 5.63. The summed E-state index contributed by atoms with van der Waals surface area (Å²) in [7, 11) is 0. The highest BCUT2D eigenvalue weighted by atomic mass is 32.1. The Kier molecular flexibility index (Phi) is 2.59. The Balaban J connectivity index is 2.92. The predicted molar refractivity (Wildman–Crippen MR) is 44.5 cm³/mol. The van der Waals surface area contributed by atoms with Crippen LogP contribution in [0.3, 0.4) is 0 Å². The lowest BCUT2D eigenvalue weighted by Gasteiger charge is -1.93. The van der Waals surface area contributed by atoms with Crippen molar-refractivity contribution in [1.82, 2.24) is 9.78 Å². The first-order valence-corrected chi connectivity index (χ1v) is 4.35. The number of hydrogen-bond acceptors (Lipinski definition) is 4. The second kappa shape index (κ2) is 3.48. The van der Waals surface area contributed by atoms with Gasteiger partial charge in [0.15, 0.2) is 0 Å². The number of carbonyl (C=O) groups excluding carboxylic acids is 1. The Morgan fingerprint density at radius 1 is 1.83 bits per heavy atom. The molecule has 0 radical (unpaired) electrons. The van der Waals surface area contributed by atoms with Crippen molar-refractivity contribution in [1.29, 1.82) is 5.41 Å². The number of nitrogens with one attached hydrogen (secondary N) is 1. The van der Waals surface area contributed by atoms with E-state index >= 15 is 0 Å². The summed E-state index contributed by atoms with van der Waals surface area (Å²) in [6, 6.07) is 0. The summed E-state index contributed by atoms with van der Waals surface area (Å²) < 4.78 is 1.31. The number of primary amides is 1. The van der Waals surface area contributed by atoms with Gasteiger partial charge in [-0.05, 0) is 6.42 Å². The van der Waals surface area contributed by atoms with Crippen molar-refractivity contribution in [2.75, 3.05) is 0 Å². The minimum Gasteiger partial charge on any atom is -0.368 e. The standard InChI is InChI=1S/C6H10N4OS/c1-2-5-9-10(3-4(7)11)6(8)12-5/h8H,2-3H2,1H3,(H2,7,11). The fourth-order valence-corrected chi connectivity index (χ4v) is 1.48. The molecule has 0 spiro atoms. The maximum absolute atomic E-state index is 10.5. The third-order valence-corrected chi connectivity index (χ3v) is 2.30. The van der Waals surface area contributed by atoms with Crippen molar-refractivity contribution in [2.24, 2.45) is 5.73 Å². The van der Waals surface area contributed by atoms with Crippen LogP contribution in [0.15, 0.2) is 0 Å². The van der Waals surface area contributed by atoms with Crippen molar-refractivity contribution >= 4 is 17.2 Å². The van der Waals surface area contributed by atoms with Crippen molar-refractivity contribution in [3.63, 3.8) is 0 Å². The molecule has 1 amide bonds. The van der Waals surface area contributed by atoms with Crippen LogP contribution in [0, 0.1) is 5.41 Å². The van der Waals surface area contributed by atoms with Gasteiger partial charge < -0.3 is 5.73 Å². The molecule has 0 aliphatic carbocycles. The highest BCUT2D eigenvalue weighted by molar-refractivity contribution is 7.08. The highest BCUT2D eigenvalue weighted by Gasteiger charge is 2.03. The van der Waals surface area contributed by atoms with Crippen LogP contribution in [-0.2, 0) is 17.8 Å². The lowest BCUT2D eigenvalue weighted by atomic mass is 10.5. The van der Waals surface area contributed by atoms with Crippen molar-refractivity contribution in [3.05, 3.63) is 9.81 Å². The van der Waals surface area contributed by atoms with Gasteiger partial charge in [-0.15, -0.1) is 0 Å². The van der Waals surface area contributed by atoms with E-state index < -0.39 is 5.91 Å². The van der Waals surface area contributed by atoms with E-state index in [0.29, 0.717) is 0 Å². The lowest BCUT2D eigenvalue weighted by molar-refractivity contribution is -0.118. The Hall–Kier alpha value is -1.17. The number of hydrogen-bond donors (Lipinski definition) is 2. The molecule has 0 aliphatic heterocycles. The molecule has 1 aromatic rings. The Bertz CT molecular complexity index is 340.